The lowest BCUT2D eigenvalue weighted by molar-refractivity contribution is -0.384. The van der Waals surface area contributed by atoms with Crippen molar-refractivity contribution >= 4 is 29.1 Å². The number of furan rings is 1. The second-order valence-corrected chi connectivity index (χ2v) is 4.82. The van der Waals surface area contributed by atoms with Crippen LogP contribution in [0.5, 0.6) is 0 Å². The van der Waals surface area contributed by atoms with E-state index in [0.717, 1.165) is 0 Å². The van der Waals surface area contributed by atoms with Gasteiger partial charge in [0.15, 0.2) is 5.78 Å². The predicted octanol–water partition coefficient (Wildman–Crippen LogP) is 3.11. The average molecular weight is 314 g/mol. The minimum atomic E-state index is -0.611. The summed E-state index contributed by atoms with van der Waals surface area (Å²) in [6.07, 6.45) is 1.36. The fourth-order valence-electron chi connectivity index (χ4n) is 1.87. The van der Waals surface area contributed by atoms with E-state index in [4.69, 9.17) is 4.42 Å². The van der Waals surface area contributed by atoms with E-state index in [2.05, 4.69) is 5.32 Å². The number of ketones is 1. The second kappa shape index (κ2) is 6.69. The van der Waals surface area contributed by atoms with Crippen LogP contribution in [0.1, 0.15) is 18.4 Å². The summed E-state index contributed by atoms with van der Waals surface area (Å²) >= 11 is 0. The number of nitrogens with one attached hydrogen (secondary N) is 1. The summed E-state index contributed by atoms with van der Waals surface area (Å²) in [5.74, 6) is 0.0281. The molecule has 1 heterocycles. The summed E-state index contributed by atoms with van der Waals surface area (Å²) in [6.45, 7) is 3.03. The summed E-state index contributed by atoms with van der Waals surface area (Å²) in [5.41, 5.74) is 0.192. The van der Waals surface area contributed by atoms with Crippen molar-refractivity contribution in [2.24, 2.45) is 0 Å². The smallest absolute Gasteiger partial charge is 0.269 e. The molecule has 1 aromatic heterocycles. The number of nitro benzene ring substituents is 1. The first-order valence-corrected chi connectivity index (χ1v) is 6.71. The van der Waals surface area contributed by atoms with Crippen LogP contribution in [0.25, 0.3) is 6.08 Å². The van der Waals surface area contributed by atoms with Crippen LogP contribution >= 0.6 is 0 Å². The first-order chi connectivity index (χ1) is 10.9. The minimum absolute atomic E-state index is 0.0716. The molecule has 0 spiro atoms. The maximum Gasteiger partial charge on any atom is 0.269 e. The minimum Gasteiger partial charge on any atom is -0.462 e. The number of non-ortho nitro benzene ring substituents is 1. The van der Waals surface area contributed by atoms with Gasteiger partial charge in [-0.15, -0.1) is 0 Å². The van der Waals surface area contributed by atoms with Crippen molar-refractivity contribution in [1.29, 1.82) is 0 Å². The Bertz CT molecular complexity index is 787. The highest BCUT2D eigenvalue weighted by atomic mass is 16.6. The molecule has 7 heteroatoms. The molecule has 2 aromatic rings. The van der Waals surface area contributed by atoms with Crippen LogP contribution in [0.3, 0.4) is 0 Å². The van der Waals surface area contributed by atoms with Gasteiger partial charge in [0, 0.05) is 17.8 Å². The molecule has 0 aliphatic carbocycles. The Hall–Kier alpha value is -3.22. The number of benzene rings is 1. The van der Waals surface area contributed by atoms with Gasteiger partial charge in [-0.25, -0.2) is 0 Å². The van der Waals surface area contributed by atoms with Crippen LogP contribution < -0.4 is 5.32 Å². The number of nitro groups is 1. The molecule has 1 aromatic carbocycles. The van der Waals surface area contributed by atoms with Gasteiger partial charge in [0.05, 0.1) is 10.5 Å². The summed E-state index contributed by atoms with van der Waals surface area (Å²) in [6, 6.07) is 8.69. The van der Waals surface area contributed by atoms with E-state index in [1.807, 2.05) is 0 Å². The van der Waals surface area contributed by atoms with Gasteiger partial charge in [0.25, 0.3) is 11.6 Å². The zero-order valence-corrected chi connectivity index (χ0v) is 12.5. The molecule has 0 saturated heterocycles. The van der Waals surface area contributed by atoms with E-state index in [1.165, 1.54) is 37.3 Å². The molecule has 1 amide bonds. The lowest BCUT2D eigenvalue weighted by Gasteiger charge is -2.06. The van der Waals surface area contributed by atoms with Gasteiger partial charge < -0.3 is 9.73 Å². The number of carbonyl (C=O) groups excluding carboxylic acids is 2. The molecule has 23 heavy (non-hydrogen) atoms. The predicted molar refractivity (Wildman–Crippen MR) is 83.8 cm³/mol. The number of rotatable bonds is 5. The topological polar surface area (TPSA) is 102 Å². The third-order valence-corrected chi connectivity index (χ3v) is 3.01. The Kier molecular flexibility index (Phi) is 4.70. The third-order valence-electron chi connectivity index (χ3n) is 3.01. The lowest BCUT2D eigenvalue weighted by Crippen LogP contribution is -2.18. The van der Waals surface area contributed by atoms with Crippen molar-refractivity contribution < 1.29 is 18.9 Å². The number of hydrogen-bond acceptors (Lipinski definition) is 5. The number of aryl methyl sites for hydroxylation is 1. The van der Waals surface area contributed by atoms with Gasteiger partial charge in [-0.05, 0) is 44.2 Å². The van der Waals surface area contributed by atoms with Crippen molar-refractivity contribution in [3.05, 3.63) is 63.6 Å². The van der Waals surface area contributed by atoms with E-state index in [9.17, 15) is 19.7 Å². The van der Waals surface area contributed by atoms with Crippen LogP contribution in [-0.2, 0) is 9.59 Å². The molecular weight excluding hydrogens is 300 g/mol. The molecular formula is C16H14N2O5. The maximum atomic E-state index is 12.2. The maximum absolute atomic E-state index is 12.2. The highest BCUT2D eigenvalue weighted by molar-refractivity contribution is 6.25. The Balaban J connectivity index is 2.20. The molecule has 0 fully saturated rings. The van der Waals surface area contributed by atoms with Crippen molar-refractivity contribution in [1.82, 2.24) is 0 Å². The Morgan fingerprint density at radius 3 is 2.30 bits per heavy atom. The van der Waals surface area contributed by atoms with Crippen LogP contribution in [0.15, 0.2) is 46.4 Å². The molecule has 0 saturated carbocycles. The van der Waals surface area contributed by atoms with Crippen molar-refractivity contribution in [3.63, 3.8) is 0 Å². The van der Waals surface area contributed by atoms with E-state index in [-0.39, 0.29) is 11.3 Å². The summed E-state index contributed by atoms with van der Waals surface area (Å²) < 4.78 is 5.32. The number of amides is 1. The quantitative estimate of drug-likeness (QED) is 0.300. The van der Waals surface area contributed by atoms with Crippen LogP contribution in [0.4, 0.5) is 11.4 Å². The highest BCUT2D eigenvalue weighted by Gasteiger charge is 2.16. The molecule has 1 N–H and O–H groups in total. The number of anilines is 1. The van der Waals surface area contributed by atoms with E-state index < -0.39 is 16.6 Å². The highest BCUT2D eigenvalue weighted by Crippen LogP contribution is 2.17. The first kappa shape index (κ1) is 16.2. The van der Waals surface area contributed by atoms with Crippen molar-refractivity contribution in [2.45, 2.75) is 13.8 Å². The van der Waals surface area contributed by atoms with Crippen LogP contribution in [-0.4, -0.2) is 16.6 Å². The zero-order valence-electron chi connectivity index (χ0n) is 12.5. The molecule has 0 unspecified atom stereocenters. The first-order valence-electron chi connectivity index (χ1n) is 6.71. The molecule has 7 nitrogen and oxygen atoms in total. The molecule has 0 bridgehead atoms. The Morgan fingerprint density at radius 2 is 1.83 bits per heavy atom. The number of nitrogens with zero attached hydrogens (tertiary/aromatic N) is 1. The Morgan fingerprint density at radius 1 is 1.17 bits per heavy atom. The average Bonchev–Trinajstić information content (AvgIpc) is 2.90. The molecule has 0 aliphatic rings. The van der Waals surface area contributed by atoms with Gasteiger partial charge in [0.2, 0.25) is 0 Å². The monoisotopic (exact) mass is 314 g/mol. The Labute approximate surface area is 131 Å². The largest absolute Gasteiger partial charge is 0.462 e. The normalized spacial score (nSPS) is 11.1. The number of carbonyl (C=O) groups is 2. The molecule has 118 valence electrons. The number of hydrogen-bond donors (Lipinski definition) is 1. The van der Waals surface area contributed by atoms with E-state index in [0.29, 0.717) is 17.2 Å². The van der Waals surface area contributed by atoms with Crippen LogP contribution in [0, 0.1) is 17.0 Å². The standard InChI is InChI=1S/C16H14N2O5/c1-10-3-8-14(23-10)9-15(11(2)19)16(20)17-12-4-6-13(7-5-12)18(21)22/h3-9H,1-2H3,(H,17,20)/b15-9+. The number of Topliss-reactive ketones (excluding diaryl/α,β-unsaturated/α-hetero) is 1. The second-order valence-electron chi connectivity index (χ2n) is 4.82. The summed E-state index contributed by atoms with van der Waals surface area (Å²) in [4.78, 5) is 33.9. The third kappa shape index (κ3) is 4.13. The van der Waals surface area contributed by atoms with Gasteiger partial charge >= 0.3 is 0 Å². The van der Waals surface area contributed by atoms with Crippen LogP contribution in [0.2, 0.25) is 0 Å². The van der Waals surface area contributed by atoms with Gasteiger partial charge in [-0.3, -0.25) is 19.7 Å². The van der Waals surface area contributed by atoms with Crippen molar-refractivity contribution in [3.8, 4) is 0 Å². The summed E-state index contributed by atoms with van der Waals surface area (Å²) in [7, 11) is 0. The lowest BCUT2D eigenvalue weighted by atomic mass is 10.1. The van der Waals surface area contributed by atoms with E-state index in [1.54, 1.807) is 19.1 Å². The van der Waals surface area contributed by atoms with Crippen molar-refractivity contribution in [2.75, 3.05) is 5.32 Å². The molecule has 0 radical (unpaired) electrons. The molecule has 0 atom stereocenters. The van der Waals surface area contributed by atoms with Gasteiger partial charge in [-0.1, -0.05) is 0 Å². The summed E-state index contributed by atoms with van der Waals surface area (Å²) in [5, 5.41) is 13.1. The molecule has 2 rings (SSSR count). The molecule has 0 aliphatic heterocycles. The zero-order chi connectivity index (χ0) is 17.0. The van der Waals surface area contributed by atoms with Gasteiger partial charge in [-0.2, -0.15) is 0 Å². The fraction of sp³-hybridized carbons (Fsp3) is 0.125. The SMILES string of the molecule is CC(=O)/C(=C\c1ccc(C)o1)C(=O)Nc1ccc([N+](=O)[O-])cc1. The van der Waals surface area contributed by atoms with Gasteiger partial charge in [0.1, 0.15) is 11.5 Å². The fourth-order valence-corrected chi connectivity index (χ4v) is 1.87. The van der Waals surface area contributed by atoms with E-state index >= 15 is 0 Å².